The van der Waals surface area contributed by atoms with E-state index in [-0.39, 0.29) is 18.0 Å². The summed E-state index contributed by atoms with van der Waals surface area (Å²) in [5.41, 5.74) is 1.35. The van der Waals surface area contributed by atoms with Gasteiger partial charge in [0.2, 0.25) is 5.91 Å². The molecule has 0 unspecified atom stereocenters. The Hall–Kier alpha value is -2.54. The maximum Gasteiger partial charge on any atom is 0.319 e. The Bertz CT molecular complexity index is 675. The highest BCUT2D eigenvalue weighted by Crippen LogP contribution is 2.17. The molecule has 24 heavy (non-hydrogen) atoms. The quantitative estimate of drug-likeness (QED) is 0.702. The summed E-state index contributed by atoms with van der Waals surface area (Å²) in [4.78, 5) is 28.5. The second-order valence-electron chi connectivity index (χ2n) is 5.35. The zero-order valence-corrected chi connectivity index (χ0v) is 14.4. The van der Waals surface area contributed by atoms with E-state index < -0.39 is 0 Å². The minimum Gasteiger partial charge on any atom is -0.336 e. The molecule has 126 valence electrons. The Kier molecular flexibility index (Phi) is 6.62. The van der Waals surface area contributed by atoms with E-state index in [4.69, 9.17) is 0 Å². The molecule has 0 aliphatic carbocycles. The predicted molar refractivity (Wildman–Crippen MR) is 97.3 cm³/mol. The Labute approximate surface area is 145 Å². The van der Waals surface area contributed by atoms with Crippen molar-refractivity contribution in [3.8, 4) is 0 Å². The van der Waals surface area contributed by atoms with E-state index in [1.54, 1.807) is 36.7 Å². The maximum atomic E-state index is 11.9. The van der Waals surface area contributed by atoms with Crippen molar-refractivity contribution in [3.63, 3.8) is 0 Å². The van der Waals surface area contributed by atoms with Gasteiger partial charge in [0, 0.05) is 34.7 Å². The number of amides is 3. The fraction of sp³-hybridized carbons (Fsp3) is 0.235. The number of pyridine rings is 1. The summed E-state index contributed by atoms with van der Waals surface area (Å²) in [6.07, 6.45) is 3.39. The largest absolute Gasteiger partial charge is 0.336 e. The molecular weight excluding hydrogens is 324 g/mol. The van der Waals surface area contributed by atoms with E-state index in [1.807, 2.05) is 26.0 Å². The third-order valence-corrected chi connectivity index (χ3v) is 3.88. The van der Waals surface area contributed by atoms with Gasteiger partial charge in [-0.15, -0.1) is 11.8 Å². The first-order valence-corrected chi connectivity index (χ1v) is 8.52. The number of hydrogen-bond donors (Lipinski definition) is 3. The fourth-order valence-electron chi connectivity index (χ4n) is 1.85. The molecule has 2 aromatic rings. The fourth-order valence-corrected chi connectivity index (χ4v) is 2.53. The number of nitrogens with zero attached hydrogens (tertiary/aromatic N) is 1. The summed E-state index contributed by atoms with van der Waals surface area (Å²) < 4.78 is 0. The summed E-state index contributed by atoms with van der Waals surface area (Å²) in [7, 11) is 0. The van der Waals surface area contributed by atoms with E-state index in [0.717, 1.165) is 4.90 Å². The molecule has 1 heterocycles. The minimum absolute atomic E-state index is 0.0708. The van der Waals surface area contributed by atoms with Crippen LogP contribution in [-0.2, 0) is 4.79 Å². The highest BCUT2D eigenvalue weighted by Gasteiger charge is 2.05. The molecule has 0 radical (unpaired) electrons. The first-order valence-electron chi connectivity index (χ1n) is 7.53. The third kappa shape index (κ3) is 6.29. The van der Waals surface area contributed by atoms with Gasteiger partial charge in [-0.2, -0.15) is 0 Å². The highest BCUT2D eigenvalue weighted by molar-refractivity contribution is 8.00. The molecule has 3 N–H and O–H groups in total. The van der Waals surface area contributed by atoms with E-state index in [2.05, 4.69) is 20.9 Å². The van der Waals surface area contributed by atoms with Gasteiger partial charge in [0.1, 0.15) is 0 Å². The standard InChI is InChI=1S/C17H20N4O2S/c1-12(2)19-17(23)21-14-5-3-13(4-6-14)20-16(22)11-24-15-7-9-18-10-8-15/h3-10,12H,11H2,1-2H3,(H,20,22)(H2,19,21,23). The van der Waals surface area contributed by atoms with Crippen LogP contribution in [-0.4, -0.2) is 28.7 Å². The van der Waals surface area contributed by atoms with Gasteiger partial charge in [0.25, 0.3) is 0 Å². The van der Waals surface area contributed by atoms with Crippen LogP contribution in [0.3, 0.4) is 0 Å². The molecule has 6 nitrogen and oxygen atoms in total. The first kappa shape index (κ1) is 17.8. The number of hydrogen-bond acceptors (Lipinski definition) is 4. The Morgan fingerprint density at radius 1 is 1.00 bits per heavy atom. The number of benzene rings is 1. The molecule has 0 atom stereocenters. The van der Waals surface area contributed by atoms with Crippen LogP contribution in [0.15, 0.2) is 53.7 Å². The molecule has 0 fully saturated rings. The van der Waals surface area contributed by atoms with Gasteiger partial charge in [0.05, 0.1) is 5.75 Å². The number of carbonyl (C=O) groups excluding carboxylic acids is 2. The molecule has 1 aromatic heterocycles. The van der Waals surface area contributed by atoms with Crippen LogP contribution in [0.25, 0.3) is 0 Å². The second kappa shape index (κ2) is 8.93. The number of urea groups is 1. The topological polar surface area (TPSA) is 83.1 Å². The van der Waals surface area contributed by atoms with Gasteiger partial charge in [-0.25, -0.2) is 4.79 Å². The smallest absolute Gasteiger partial charge is 0.319 e. The van der Waals surface area contributed by atoms with Crippen LogP contribution >= 0.6 is 11.8 Å². The van der Waals surface area contributed by atoms with Crippen molar-refractivity contribution < 1.29 is 9.59 Å². The van der Waals surface area contributed by atoms with Gasteiger partial charge in [-0.1, -0.05) is 0 Å². The van der Waals surface area contributed by atoms with Gasteiger partial charge in [0.15, 0.2) is 0 Å². The third-order valence-electron chi connectivity index (χ3n) is 2.87. The Balaban J connectivity index is 1.80. The van der Waals surface area contributed by atoms with Crippen molar-refractivity contribution >= 4 is 35.1 Å². The average Bonchev–Trinajstić information content (AvgIpc) is 2.55. The monoisotopic (exact) mass is 344 g/mol. The van der Waals surface area contributed by atoms with E-state index in [1.165, 1.54) is 11.8 Å². The number of thioether (sulfide) groups is 1. The Morgan fingerprint density at radius 2 is 1.58 bits per heavy atom. The molecule has 1 aromatic carbocycles. The van der Waals surface area contributed by atoms with Gasteiger partial charge >= 0.3 is 6.03 Å². The lowest BCUT2D eigenvalue weighted by Crippen LogP contribution is -2.34. The van der Waals surface area contributed by atoms with Crippen molar-refractivity contribution in [1.29, 1.82) is 0 Å². The summed E-state index contributed by atoms with van der Waals surface area (Å²) in [6.45, 7) is 3.78. The molecule has 0 aliphatic heterocycles. The second-order valence-corrected chi connectivity index (χ2v) is 6.40. The number of carbonyl (C=O) groups is 2. The van der Waals surface area contributed by atoms with Gasteiger partial charge < -0.3 is 16.0 Å². The predicted octanol–water partition coefficient (Wildman–Crippen LogP) is 3.34. The summed E-state index contributed by atoms with van der Waals surface area (Å²) in [6, 6.07) is 10.5. The molecule has 0 spiro atoms. The number of nitrogens with one attached hydrogen (secondary N) is 3. The van der Waals surface area contributed by atoms with Crippen molar-refractivity contribution in [3.05, 3.63) is 48.8 Å². The lowest BCUT2D eigenvalue weighted by molar-refractivity contribution is -0.113. The first-order chi connectivity index (χ1) is 11.5. The van der Waals surface area contributed by atoms with Crippen LogP contribution in [0.1, 0.15) is 13.8 Å². The van der Waals surface area contributed by atoms with E-state index in [9.17, 15) is 9.59 Å². The zero-order chi connectivity index (χ0) is 17.4. The Morgan fingerprint density at radius 3 is 2.17 bits per heavy atom. The minimum atomic E-state index is -0.254. The average molecular weight is 344 g/mol. The van der Waals surface area contributed by atoms with Crippen LogP contribution < -0.4 is 16.0 Å². The lowest BCUT2D eigenvalue weighted by atomic mass is 10.3. The molecular formula is C17H20N4O2S. The molecule has 0 bridgehead atoms. The summed E-state index contributed by atoms with van der Waals surface area (Å²) in [5, 5.41) is 8.29. The molecule has 0 saturated carbocycles. The number of aromatic nitrogens is 1. The van der Waals surface area contributed by atoms with Crippen molar-refractivity contribution in [1.82, 2.24) is 10.3 Å². The van der Waals surface area contributed by atoms with E-state index >= 15 is 0 Å². The molecule has 3 amide bonds. The van der Waals surface area contributed by atoms with Gasteiger partial charge in [-0.05, 0) is 50.2 Å². The molecule has 0 saturated heterocycles. The number of anilines is 2. The zero-order valence-electron chi connectivity index (χ0n) is 13.6. The number of rotatable bonds is 6. The normalized spacial score (nSPS) is 10.3. The van der Waals surface area contributed by atoms with Crippen molar-refractivity contribution in [2.75, 3.05) is 16.4 Å². The summed E-state index contributed by atoms with van der Waals surface area (Å²) >= 11 is 1.45. The van der Waals surface area contributed by atoms with Crippen LogP contribution in [0.4, 0.5) is 16.2 Å². The molecule has 0 aliphatic rings. The molecule has 2 rings (SSSR count). The van der Waals surface area contributed by atoms with Crippen LogP contribution in [0.5, 0.6) is 0 Å². The van der Waals surface area contributed by atoms with Gasteiger partial charge in [-0.3, -0.25) is 9.78 Å². The maximum absolute atomic E-state index is 11.9. The van der Waals surface area contributed by atoms with Crippen molar-refractivity contribution in [2.45, 2.75) is 24.8 Å². The van der Waals surface area contributed by atoms with Crippen molar-refractivity contribution in [2.24, 2.45) is 0 Å². The van der Waals surface area contributed by atoms with E-state index in [0.29, 0.717) is 17.1 Å². The summed E-state index contributed by atoms with van der Waals surface area (Å²) in [5.74, 6) is 0.232. The lowest BCUT2D eigenvalue weighted by Gasteiger charge is -2.11. The molecule has 7 heteroatoms. The SMILES string of the molecule is CC(C)NC(=O)Nc1ccc(NC(=O)CSc2ccncc2)cc1. The highest BCUT2D eigenvalue weighted by atomic mass is 32.2. The van der Waals surface area contributed by atoms with Crippen LogP contribution in [0.2, 0.25) is 0 Å². The van der Waals surface area contributed by atoms with Crippen LogP contribution in [0, 0.1) is 0 Å².